The van der Waals surface area contributed by atoms with Crippen molar-refractivity contribution in [1.82, 2.24) is 0 Å². The van der Waals surface area contributed by atoms with E-state index in [1.54, 1.807) is 18.2 Å². The number of nitrogens with zero attached hydrogens (tertiary/aromatic N) is 2. The van der Waals surface area contributed by atoms with Gasteiger partial charge in [0.2, 0.25) is 11.8 Å². The number of hydrogen-bond acceptors (Lipinski definition) is 7. The summed E-state index contributed by atoms with van der Waals surface area (Å²) in [5.41, 5.74) is 3.39. The Morgan fingerprint density at radius 2 is 1.27 bits per heavy atom. The average Bonchev–Trinajstić information content (AvgIpc) is 3.56. The standard InChI is InChI=1S/C36H28N2O6/c1-43-35(41)25-17-9-11-19-27(25)38-33(39)29-28-21-20-22-12-8-10-18-26(22)37(28)31(30(29)34(38)40)36(42)44-32(23-13-4-2-5-14-23)24-15-6-3-7-16-24/h2-21,28-32H,1H3/t28-,29+,30-,31+/m1/s1. The number of hydrogen-bond donors (Lipinski definition) is 0. The molecule has 0 saturated carbocycles. The molecule has 0 N–H and O–H groups in total. The van der Waals surface area contributed by atoms with Crippen LogP contribution in [0.2, 0.25) is 0 Å². The highest BCUT2D eigenvalue weighted by Gasteiger charge is 2.65. The largest absolute Gasteiger partial charge is 0.465 e. The van der Waals surface area contributed by atoms with E-state index in [0.717, 1.165) is 27.3 Å². The predicted molar refractivity (Wildman–Crippen MR) is 164 cm³/mol. The van der Waals surface area contributed by atoms with Gasteiger partial charge in [0.1, 0.15) is 6.04 Å². The second-order valence-corrected chi connectivity index (χ2v) is 11.0. The molecule has 4 aromatic carbocycles. The highest BCUT2D eigenvalue weighted by atomic mass is 16.5. The fraction of sp³-hybridized carbons (Fsp3) is 0.167. The van der Waals surface area contributed by atoms with Crippen LogP contribution in [0.3, 0.4) is 0 Å². The Kier molecular flexibility index (Phi) is 6.81. The van der Waals surface area contributed by atoms with E-state index in [2.05, 4.69) is 0 Å². The molecule has 3 aliphatic rings. The van der Waals surface area contributed by atoms with Crippen LogP contribution in [-0.2, 0) is 23.9 Å². The first-order valence-electron chi connectivity index (χ1n) is 14.4. The van der Waals surface area contributed by atoms with Crippen LogP contribution in [0.25, 0.3) is 6.08 Å². The average molecular weight is 585 g/mol. The first kappa shape index (κ1) is 27.3. The molecule has 218 valence electrons. The van der Waals surface area contributed by atoms with E-state index >= 15 is 0 Å². The summed E-state index contributed by atoms with van der Waals surface area (Å²) in [6.07, 6.45) is 3.06. The van der Waals surface area contributed by atoms with Crippen LogP contribution in [0.5, 0.6) is 0 Å². The lowest BCUT2D eigenvalue weighted by Gasteiger charge is -2.36. The number of para-hydroxylation sites is 2. The molecule has 2 amide bonds. The Balaban J connectivity index is 1.33. The number of imide groups is 1. The van der Waals surface area contributed by atoms with E-state index < -0.39 is 53.8 Å². The second kappa shape index (κ2) is 11.0. The lowest BCUT2D eigenvalue weighted by atomic mass is 9.88. The zero-order valence-electron chi connectivity index (χ0n) is 23.8. The summed E-state index contributed by atoms with van der Waals surface area (Å²) in [4.78, 5) is 58.6. The lowest BCUT2D eigenvalue weighted by molar-refractivity contribution is -0.151. The number of anilines is 2. The number of rotatable bonds is 6. The molecule has 0 unspecified atom stereocenters. The van der Waals surface area contributed by atoms with Gasteiger partial charge in [0.05, 0.1) is 36.2 Å². The van der Waals surface area contributed by atoms with Gasteiger partial charge in [-0.25, -0.2) is 14.5 Å². The number of benzene rings is 4. The minimum absolute atomic E-state index is 0.0883. The summed E-state index contributed by atoms with van der Waals surface area (Å²) in [7, 11) is 1.24. The molecule has 3 heterocycles. The molecule has 2 saturated heterocycles. The molecule has 4 atom stereocenters. The third-order valence-corrected chi connectivity index (χ3v) is 8.65. The molecule has 8 heteroatoms. The summed E-state index contributed by atoms with van der Waals surface area (Å²) in [5.74, 6) is -4.25. The van der Waals surface area contributed by atoms with Crippen LogP contribution in [0.15, 0.2) is 115 Å². The fourth-order valence-electron chi connectivity index (χ4n) is 6.74. The van der Waals surface area contributed by atoms with Crippen LogP contribution in [0.4, 0.5) is 11.4 Å². The zero-order valence-corrected chi connectivity index (χ0v) is 23.8. The van der Waals surface area contributed by atoms with Crippen LogP contribution >= 0.6 is 0 Å². The fourth-order valence-corrected chi connectivity index (χ4v) is 6.74. The van der Waals surface area contributed by atoms with E-state index in [1.165, 1.54) is 13.2 Å². The maximum Gasteiger partial charge on any atom is 0.339 e. The first-order valence-corrected chi connectivity index (χ1v) is 14.4. The van der Waals surface area contributed by atoms with Crippen LogP contribution in [0, 0.1) is 11.8 Å². The maximum absolute atomic E-state index is 14.5. The van der Waals surface area contributed by atoms with Gasteiger partial charge in [-0.3, -0.25) is 9.59 Å². The highest BCUT2D eigenvalue weighted by Crippen LogP contribution is 2.50. The highest BCUT2D eigenvalue weighted by molar-refractivity contribution is 6.26. The molecule has 2 fully saturated rings. The minimum atomic E-state index is -1.10. The predicted octanol–water partition coefficient (Wildman–Crippen LogP) is 5.20. The molecule has 0 aliphatic carbocycles. The number of carbonyl (C=O) groups is 4. The Labute approximate surface area is 254 Å². The van der Waals surface area contributed by atoms with Crippen molar-refractivity contribution in [1.29, 1.82) is 0 Å². The van der Waals surface area contributed by atoms with E-state index in [-0.39, 0.29) is 11.3 Å². The van der Waals surface area contributed by atoms with Crippen LogP contribution in [0.1, 0.15) is 33.2 Å². The summed E-state index contributed by atoms with van der Waals surface area (Å²) < 4.78 is 11.3. The molecule has 0 bridgehead atoms. The topological polar surface area (TPSA) is 93.2 Å². The molecule has 7 rings (SSSR count). The SMILES string of the molecule is COC(=O)c1ccccc1N1C(=O)[C@@H]2[C@@H](C1=O)[C@@H](C(=O)OC(c1ccccc1)c1ccccc1)N1c3ccccc3C=C[C@H]21. The Hall–Kier alpha value is -5.50. The van der Waals surface area contributed by atoms with Crippen molar-refractivity contribution in [2.75, 3.05) is 16.9 Å². The maximum atomic E-state index is 14.5. The number of fused-ring (bicyclic) bond motifs is 5. The van der Waals surface area contributed by atoms with Crippen LogP contribution in [-0.4, -0.2) is 42.9 Å². The van der Waals surface area contributed by atoms with Crippen molar-refractivity contribution in [3.8, 4) is 0 Å². The number of methoxy groups -OCH3 is 1. The quantitative estimate of drug-likeness (QED) is 0.227. The van der Waals surface area contributed by atoms with Gasteiger partial charge < -0.3 is 14.4 Å². The van der Waals surface area contributed by atoms with Gasteiger partial charge >= 0.3 is 11.9 Å². The molecule has 0 radical (unpaired) electrons. The van der Waals surface area contributed by atoms with Crippen molar-refractivity contribution in [2.45, 2.75) is 18.2 Å². The molecule has 0 spiro atoms. The molecule has 8 nitrogen and oxygen atoms in total. The normalized spacial score (nSPS) is 21.6. The van der Waals surface area contributed by atoms with Crippen molar-refractivity contribution in [3.05, 3.63) is 138 Å². The number of amides is 2. The first-order chi connectivity index (χ1) is 21.5. The minimum Gasteiger partial charge on any atom is -0.465 e. The number of ether oxygens (including phenoxy) is 2. The second-order valence-electron chi connectivity index (χ2n) is 11.0. The molecular formula is C36H28N2O6. The van der Waals surface area contributed by atoms with Gasteiger partial charge in [0, 0.05) is 5.69 Å². The van der Waals surface area contributed by atoms with Gasteiger partial charge in [-0.1, -0.05) is 103 Å². The van der Waals surface area contributed by atoms with Gasteiger partial charge in [-0.15, -0.1) is 0 Å². The Bertz CT molecular complexity index is 1760. The third-order valence-electron chi connectivity index (χ3n) is 8.65. The van der Waals surface area contributed by atoms with E-state index in [4.69, 9.17) is 9.47 Å². The smallest absolute Gasteiger partial charge is 0.339 e. The van der Waals surface area contributed by atoms with E-state index in [0.29, 0.717) is 0 Å². The Morgan fingerprint density at radius 1 is 0.705 bits per heavy atom. The van der Waals surface area contributed by atoms with Crippen molar-refractivity contribution in [3.63, 3.8) is 0 Å². The summed E-state index contributed by atoms with van der Waals surface area (Å²) in [6, 6.07) is 31.1. The van der Waals surface area contributed by atoms with Crippen molar-refractivity contribution < 1.29 is 28.7 Å². The number of esters is 2. The molecule has 0 aromatic heterocycles. The summed E-state index contributed by atoms with van der Waals surface area (Å²) in [5, 5.41) is 0. The Morgan fingerprint density at radius 3 is 1.93 bits per heavy atom. The van der Waals surface area contributed by atoms with Crippen molar-refractivity contribution in [2.24, 2.45) is 11.8 Å². The monoisotopic (exact) mass is 584 g/mol. The number of carbonyl (C=O) groups excluding carboxylic acids is 4. The lowest BCUT2D eigenvalue weighted by Crippen LogP contribution is -2.49. The molecule has 3 aliphatic heterocycles. The molecular weight excluding hydrogens is 556 g/mol. The molecule has 44 heavy (non-hydrogen) atoms. The van der Waals surface area contributed by atoms with Crippen molar-refractivity contribution >= 4 is 41.2 Å². The van der Waals surface area contributed by atoms with E-state index in [1.807, 2.05) is 102 Å². The third kappa shape index (κ3) is 4.29. The zero-order chi connectivity index (χ0) is 30.4. The van der Waals surface area contributed by atoms with Gasteiger partial charge in [0.25, 0.3) is 0 Å². The van der Waals surface area contributed by atoms with Gasteiger partial charge in [-0.05, 0) is 34.9 Å². The van der Waals surface area contributed by atoms with Crippen LogP contribution < -0.4 is 9.80 Å². The van der Waals surface area contributed by atoms with Gasteiger partial charge in [0.15, 0.2) is 6.10 Å². The molecule has 4 aromatic rings. The van der Waals surface area contributed by atoms with E-state index in [9.17, 15) is 19.2 Å². The summed E-state index contributed by atoms with van der Waals surface area (Å²) >= 11 is 0. The summed E-state index contributed by atoms with van der Waals surface area (Å²) in [6.45, 7) is 0. The van der Waals surface area contributed by atoms with Gasteiger partial charge in [-0.2, -0.15) is 0 Å².